The number of aromatic nitrogens is 2. The fraction of sp³-hybridized carbons (Fsp3) is 0.286. The minimum atomic E-state index is -1.00. The second-order valence-corrected chi connectivity index (χ2v) is 3.96. The Kier molecular flexibility index (Phi) is 4.37. The summed E-state index contributed by atoms with van der Waals surface area (Å²) in [4.78, 5) is 8.14. The molecule has 0 fully saturated rings. The zero-order valence-electron chi connectivity index (χ0n) is 11.5. The van der Waals surface area contributed by atoms with Crippen LogP contribution in [0.15, 0.2) is 30.6 Å². The maximum absolute atomic E-state index is 10.5. The summed E-state index contributed by atoms with van der Waals surface area (Å²) in [6.07, 6.45) is 2.00. The van der Waals surface area contributed by atoms with Crippen LogP contribution in [0.3, 0.4) is 0 Å². The van der Waals surface area contributed by atoms with Gasteiger partial charge in [-0.2, -0.15) is 0 Å². The van der Waals surface area contributed by atoms with E-state index in [-0.39, 0.29) is 5.88 Å². The van der Waals surface area contributed by atoms with E-state index in [0.29, 0.717) is 22.8 Å². The Balaban J connectivity index is 2.45. The largest absolute Gasteiger partial charge is 0.497 e. The summed E-state index contributed by atoms with van der Waals surface area (Å²) in [7, 11) is 4.57. The average molecular weight is 276 g/mol. The molecule has 0 radical (unpaired) electrons. The van der Waals surface area contributed by atoms with Crippen LogP contribution >= 0.6 is 0 Å². The lowest BCUT2D eigenvalue weighted by Crippen LogP contribution is -2.07. The average Bonchev–Trinajstić information content (AvgIpc) is 2.53. The van der Waals surface area contributed by atoms with Gasteiger partial charge < -0.3 is 19.3 Å². The van der Waals surface area contributed by atoms with Crippen LogP contribution in [0.5, 0.6) is 17.4 Å². The van der Waals surface area contributed by atoms with E-state index in [2.05, 4.69) is 9.97 Å². The van der Waals surface area contributed by atoms with Gasteiger partial charge in [0.1, 0.15) is 23.3 Å². The number of nitrogens with zero attached hydrogens (tertiary/aromatic N) is 2. The van der Waals surface area contributed by atoms with Gasteiger partial charge in [0.2, 0.25) is 5.88 Å². The van der Waals surface area contributed by atoms with E-state index in [0.717, 1.165) is 0 Å². The van der Waals surface area contributed by atoms with E-state index in [9.17, 15) is 5.11 Å². The molecule has 0 aliphatic heterocycles. The van der Waals surface area contributed by atoms with Gasteiger partial charge >= 0.3 is 0 Å². The Hall–Kier alpha value is -2.34. The Morgan fingerprint density at radius 3 is 2.40 bits per heavy atom. The zero-order chi connectivity index (χ0) is 14.5. The summed E-state index contributed by atoms with van der Waals surface area (Å²) in [5.74, 6) is 1.42. The molecule has 1 aromatic carbocycles. The van der Waals surface area contributed by atoms with Crippen LogP contribution in [0.4, 0.5) is 0 Å². The summed E-state index contributed by atoms with van der Waals surface area (Å²) in [6.45, 7) is 0. The van der Waals surface area contributed by atoms with Crippen molar-refractivity contribution in [3.8, 4) is 17.4 Å². The highest BCUT2D eigenvalue weighted by molar-refractivity contribution is 5.45. The third kappa shape index (κ3) is 2.65. The van der Waals surface area contributed by atoms with E-state index in [1.165, 1.54) is 26.6 Å². The molecule has 0 spiro atoms. The monoisotopic (exact) mass is 276 g/mol. The molecule has 1 aromatic heterocycles. The van der Waals surface area contributed by atoms with Crippen molar-refractivity contribution < 1.29 is 19.3 Å². The minimum absolute atomic E-state index is 0.276. The molecule has 0 amide bonds. The maximum Gasteiger partial charge on any atom is 0.238 e. The second kappa shape index (κ2) is 6.21. The van der Waals surface area contributed by atoms with Crippen LogP contribution in [0.1, 0.15) is 17.4 Å². The molecule has 6 nitrogen and oxygen atoms in total. The van der Waals surface area contributed by atoms with Gasteiger partial charge in [0, 0.05) is 24.0 Å². The van der Waals surface area contributed by atoms with Crippen molar-refractivity contribution in [3.05, 3.63) is 41.9 Å². The number of rotatable bonds is 5. The first kappa shape index (κ1) is 14.1. The molecular weight excluding hydrogens is 260 g/mol. The molecule has 1 unspecified atom stereocenters. The minimum Gasteiger partial charge on any atom is -0.497 e. The standard InChI is InChI=1S/C14H16N2O4/c1-18-9-4-5-10(11(8-9)19-2)13(17)12-14(20-3)16-7-6-15-12/h4-8,13,17H,1-3H3. The molecule has 1 heterocycles. The lowest BCUT2D eigenvalue weighted by atomic mass is 10.0. The zero-order valence-corrected chi connectivity index (χ0v) is 11.5. The second-order valence-electron chi connectivity index (χ2n) is 3.96. The summed E-state index contributed by atoms with van der Waals surface area (Å²) in [5.41, 5.74) is 0.894. The SMILES string of the molecule is COc1ccc(C(O)c2nccnc2OC)c(OC)c1. The molecule has 2 aromatic rings. The fourth-order valence-corrected chi connectivity index (χ4v) is 1.87. The van der Waals surface area contributed by atoms with E-state index < -0.39 is 6.10 Å². The predicted molar refractivity (Wildman–Crippen MR) is 72.2 cm³/mol. The van der Waals surface area contributed by atoms with Crippen LogP contribution in [0.25, 0.3) is 0 Å². The van der Waals surface area contributed by atoms with Crippen LogP contribution in [-0.4, -0.2) is 36.4 Å². The first-order chi connectivity index (χ1) is 9.71. The lowest BCUT2D eigenvalue weighted by molar-refractivity contribution is 0.202. The molecule has 0 aliphatic rings. The molecule has 20 heavy (non-hydrogen) atoms. The fourth-order valence-electron chi connectivity index (χ4n) is 1.87. The molecule has 1 atom stereocenters. The van der Waals surface area contributed by atoms with Gasteiger partial charge in [-0.15, -0.1) is 0 Å². The topological polar surface area (TPSA) is 73.7 Å². The van der Waals surface area contributed by atoms with Crippen LogP contribution in [0.2, 0.25) is 0 Å². The van der Waals surface area contributed by atoms with E-state index in [4.69, 9.17) is 14.2 Å². The first-order valence-corrected chi connectivity index (χ1v) is 5.96. The van der Waals surface area contributed by atoms with Gasteiger partial charge in [0.15, 0.2) is 0 Å². The molecule has 0 saturated heterocycles. The van der Waals surface area contributed by atoms with Crippen LogP contribution < -0.4 is 14.2 Å². The van der Waals surface area contributed by atoms with Crippen molar-refractivity contribution in [1.29, 1.82) is 0 Å². The van der Waals surface area contributed by atoms with Gasteiger partial charge in [-0.3, -0.25) is 4.98 Å². The van der Waals surface area contributed by atoms with Crippen LogP contribution in [-0.2, 0) is 0 Å². The Bertz CT molecular complexity index is 589. The molecule has 0 aliphatic carbocycles. The molecule has 2 rings (SSSR count). The Labute approximate surface area is 117 Å². The number of aliphatic hydroxyl groups is 1. The first-order valence-electron chi connectivity index (χ1n) is 5.96. The molecule has 106 valence electrons. The van der Waals surface area contributed by atoms with E-state index in [1.807, 2.05) is 0 Å². The molecule has 0 bridgehead atoms. The Morgan fingerprint density at radius 2 is 1.75 bits per heavy atom. The van der Waals surface area contributed by atoms with Crippen molar-refractivity contribution >= 4 is 0 Å². The molecular formula is C14H16N2O4. The highest BCUT2D eigenvalue weighted by Gasteiger charge is 2.21. The van der Waals surface area contributed by atoms with Gasteiger partial charge in [0.05, 0.1) is 21.3 Å². The third-order valence-electron chi connectivity index (χ3n) is 2.88. The summed E-state index contributed by atoms with van der Waals surface area (Å²) in [6, 6.07) is 5.15. The highest BCUT2D eigenvalue weighted by atomic mass is 16.5. The summed E-state index contributed by atoms with van der Waals surface area (Å²) < 4.78 is 15.5. The van der Waals surface area contributed by atoms with Crippen molar-refractivity contribution in [2.45, 2.75) is 6.10 Å². The van der Waals surface area contributed by atoms with Gasteiger partial charge in [-0.05, 0) is 12.1 Å². The number of hydrogen-bond acceptors (Lipinski definition) is 6. The molecule has 0 saturated carbocycles. The highest BCUT2D eigenvalue weighted by Crippen LogP contribution is 2.34. The van der Waals surface area contributed by atoms with Crippen molar-refractivity contribution in [1.82, 2.24) is 9.97 Å². The van der Waals surface area contributed by atoms with Gasteiger partial charge in [-0.25, -0.2) is 4.98 Å². The summed E-state index contributed by atoms with van der Waals surface area (Å²) in [5, 5.41) is 10.5. The van der Waals surface area contributed by atoms with Crippen molar-refractivity contribution in [2.75, 3.05) is 21.3 Å². The molecule has 6 heteroatoms. The third-order valence-corrected chi connectivity index (χ3v) is 2.88. The number of aliphatic hydroxyl groups excluding tert-OH is 1. The summed E-state index contributed by atoms with van der Waals surface area (Å²) >= 11 is 0. The normalized spacial score (nSPS) is 11.8. The maximum atomic E-state index is 10.5. The lowest BCUT2D eigenvalue weighted by Gasteiger charge is -2.16. The van der Waals surface area contributed by atoms with Gasteiger partial charge in [0.25, 0.3) is 0 Å². The van der Waals surface area contributed by atoms with E-state index in [1.54, 1.807) is 25.3 Å². The van der Waals surface area contributed by atoms with Crippen molar-refractivity contribution in [3.63, 3.8) is 0 Å². The number of methoxy groups -OCH3 is 3. The Morgan fingerprint density at radius 1 is 1.00 bits per heavy atom. The van der Waals surface area contributed by atoms with Gasteiger partial charge in [-0.1, -0.05) is 0 Å². The van der Waals surface area contributed by atoms with E-state index >= 15 is 0 Å². The number of benzene rings is 1. The van der Waals surface area contributed by atoms with Crippen molar-refractivity contribution in [2.24, 2.45) is 0 Å². The molecule has 1 N–H and O–H groups in total. The predicted octanol–water partition coefficient (Wildman–Crippen LogP) is 1.58. The smallest absolute Gasteiger partial charge is 0.238 e. The quantitative estimate of drug-likeness (QED) is 0.894. The van der Waals surface area contributed by atoms with Crippen LogP contribution in [0, 0.1) is 0 Å². The number of hydrogen-bond donors (Lipinski definition) is 1. The number of ether oxygens (including phenoxy) is 3.